The van der Waals surface area contributed by atoms with Gasteiger partial charge in [0.2, 0.25) is 0 Å². The fourth-order valence-electron chi connectivity index (χ4n) is 3.01. The van der Waals surface area contributed by atoms with Crippen molar-refractivity contribution in [3.63, 3.8) is 0 Å². The maximum absolute atomic E-state index is 12.3. The number of nitrogens with one attached hydrogen (secondary N) is 1. The molecule has 2 aromatic heterocycles. The standard InChI is InChI=1S/C22H21N5OS2/c1-14-18(15(2)27(3)26-14)12-23-25-21(28)17-10-8-16(9-11-17)13-29-22-24-19-6-4-5-7-20(19)30-22/h4-12H,13H2,1-3H3,(H,25,28). The van der Waals surface area contributed by atoms with E-state index in [1.54, 1.807) is 34.0 Å². The molecule has 4 rings (SSSR count). The lowest BCUT2D eigenvalue weighted by Gasteiger charge is -2.03. The molecule has 0 unspecified atom stereocenters. The second-order valence-electron chi connectivity index (χ2n) is 6.84. The van der Waals surface area contributed by atoms with E-state index >= 15 is 0 Å². The summed E-state index contributed by atoms with van der Waals surface area (Å²) >= 11 is 3.41. The topological polar surface area (TPSA) is 72.2 Å². The number of nitrogens with zero attached hydrogens (tertiary/aromatic N) is 4. The fraction of sp³-hybridized carbons (Fsp3) is 0.182. The van der Waals surface area contributed by atoms with Crippen LogP contribution in [0.5, 0.6) is 0 Å². The van der Waals surface area contributed by atoms with Gasteiger partial charge in [-0.05, 0) is 43.7 Å². The van der Waals surface area contributed by atoms with Crippen molar-refractivity contribution < 1.29 is 4.79 Å². The number of aromatic nitrogens is 3. The first kappa shape index (κ1) is 20.3. The fourth-order valence-corrected chi connectivity index (χ4v) is 5.03. The molecular formula is C22H21N5OS2. The number of carbonyl (C=O) groups excluding carboxylic acids is 1. The zero-order chi connectivity index (χ0) is 21.1. The molecule has 0 bridgehead atoms. The van der Waals surface area contributed by atoms with E-state index in [1.165, 1.54) is 4.70 Å². The van der Waals surface area contributed by atoms with E-state index in [-0.39, 0.29) is 5.91 Å². The Bertz CT molecular complexity index is 1190. The molecular weight excluding hydrogens is 414 g/mol. The van der Waals surface area contributed by atoms with Gasteiger partial charge < -0.3 is 0 Å². The molecule has 0 spiro atoms. The summed E-state index contributed by atoms with van der Waals surface area (Å²) < 4.78 is 4.04. The summed E-state index contributed by atoms with van der Waals surface area (Å²) in [6.07, 6.45) is 1.64. The van der Waals surface area contributed by atoms with Crippen LogP contribution in [0.2, 0.25) is 0 Å². The molecule has 0 aliphatic carbocycles. The van der Waals surface area contributed by atoms with E-state index < -0.39 is 0 Å². The number of para-hydroxylation sites is 1. The predicted molar refractivity (Wildman–Crippen MR) is 123 cm³/mol. The summed E-state index contributed by atoms with van der Waals surface area (Å²) in [6.45, 7) is 3.88. The summed E-state index contributed by atoms with van der Waals surface area (Å²) in [6, 6.07) is 15.7. The highest BCUT2D eigenvalue weighted by Gasteiger charge is 2.08. The molecule has 152 valence electrons. The lowest BCUT2D eigenvalue weighted by atomic mass is 10.1. The lowest BCUT2D eigenvalue weighted by Crippen LogP contribution is -2.17. The molecule has 2 heterocycles. The monoisotopic (exact) mass is 435 g/mol. The van der Waals surface area contributed by atoms with Gasteiger partial charge in [-0.3, -0.25) is 9.48 Å². The van der Waals surface area contributed by atoms with Crippen LogP contribution in [0.3, 0.4) is 0 Å². The minimum absolute atomic E-state index is 0.240. The maximum Gasteiger partial charge on any atom is 0.271 e. The second kappa shape index (κ2) is 8.81. The molecule has 0 atom stereocenters. The van der Waals surface area contributed by atoms with Gasteiger partial charge in [0.1, 0.15) is 0 Å². The Morgan fingerprint density at radius 1 is 1.20 bits per heavy atom. The van der Waals surface area contributed by atoms with Gasteiger partial charge in [0.05, 0.1) is 22.1 Å². The van der Waals surface area contributed by atoms with Crippen molar-refractivity contribution >= 4 is 45.4 Å². The number of hydrazone groups is 1. The average molecular weight is 436 g/mol. The summed E-state index contributed by atoms with van der Waals surface area (Å²) in [5, 5.41) is 8.42. The van der Waals surface area contributed by atoms with Gasteiger partial charge >= 0.3 is 0 Å². The highest BCUT2D eigenvalue weighted by molar-refractivity contribution is 8.00. The molecule has 0 saturated carbocycles. The predicted octanol–water partition coefficient (Wildman–Crippen LogP) is 4.70. The van der Waals surface area contributed by atoms with Gasteiger partial charge in [-0.15, -0.1) is 11.3 Å². The van der Waals surface area contributed by atoms with Crippen molar-refractivity contribution in [2.75, 3.05) is 0 Å². The Kier molecular flexibility index (Phi) is 5.96. The minimum atomic E-state index is -0.240. The lowest BCUT2D eigenvalue weighted by molar-refractivity contribution is 0.0955. The van der Waals surface area contributed by atoms with Crippen LogP contribution in [-0.4, -0.2) is 26.9 Å². The van der Waals surface area contributed by atoms with E-state index in [1.807, 2.05) is 63.4 Å². The number of thiazole rings is 1. The number of amides is 1. The zero-order valence-corrected chi connectivity index (χ0v) is 18.5. The molecule has 0 aliphatic heterocycles. The number of carbonyl (C=O) groups is 1. The molecule has 2 aromatic carbocycles. The number of hydrogen-bond donors (Lipinski definition) is 1. The third kappa shape index (κ3) is 4.44. The van der Waals surface area contributed by atoms with Crippen LogP contribution in [-0.2, 0) is 12.8 Å². The largest absolute Gasteiger partial charge is 0.272 e. The van der Waals surface area contributed by atoms with Crippen LogP contribution in [0.25, 0.3) is 10.2 Å². The van der Waals surface area contributed by atoms with E-state index in [4.69, 9.17) is 0 Å². The molecule has 1 N–H and O–H groups in total. The molecule has 6 nitrogen and oxygen atoms in total. The van der Waals surface area contributed by atoms with Crippen LogP contribution in [0.4, 0.5) is 0 Å². The molecule has 8 heteroatoms. The molecule has 0 radical (unpaired) electrons. The first-order valence-corrected chi connectivity index (χ1v) is 11.2. The van der Waals surface area contributed by atoms with E-state index in [9.17, 15) is 4.79 Å². The number of benzene rings is 2. The van der Waals surface area contributed by atoms with Crippen LogP contribution in [0, 0.1) is 13.8 Å². The smallest absolute Gasteiger partial charge is 0.271 e. The van der Waals surface area contributed by atoms with Crippen molar-refractivity contribution in [1.29, 1.82) is 0 Å². The van der Waals surface area contributed by atoms with Gasteiger partial charge in [-0.25, -0.2) is 10.4 Å². The van der Waals surface area contributed by atoms with E-state index in [0.717, 1.165) is 38.1 Å². The number of rotatable bonds is 6. The van der Waals surface area contributed by atoms with Crippen molar-refractivity contribution in [3.05, 3.63) is 76.6 Å². The number of fused-ring (bicyclic) bond motifs is 1. The summed E-state index contributed by atoms with van der Waals surface area (Å²) in [5.41, 5.74) is 8.12. The minimum Gasteiger partial charge on any atom is -0.272 e. The van der Waals surface area contributed by atoms with E-state index in [2.05, 4.69) is 26.7 Å². The highest BCUT2D eigenvalue weighted by atomic mass is 32.2. The number of hydrogen-bond acceptors (Lipinski definition) is 6. The van der Waals surface area contributed by atoms with Crippen LogP contribution in [0.15, 0.2) is 58.0 Å². The molecule has 4 aromatic rings. The highest BCUT2D eigenvalue weighted by Crippen LogP contribution is 2.31. The quantitative estimate of drug-likeness (QED) is 0.271. The summed E-state index contributed by atoms with van der Waals surface area (Å²) in [4.78, 5) is 17.0. The molecule has 0 aliphatic rings. The van der Waals surface area contributed by atoms with Crippen molar-refractivity contribution in [2.45, 2.75) is 23.9 Å². The molecule has 30 heavy (non-hydrogen) atoms. The average Bonchev–Trinajstić information content (AvgIpc) is 3.27. The van der Waals surface area contributed by atoms with Gasteiger partial charge in [-0.1, -0.05) is 36.0 Å². The number of thioether (sulfide) groups is 1. The third-order valence-electron chi connectivity index (χ3n) is 4.78. The van der Waals surface area contributed by atoms with Crippen molar-refractivity contribution in [1.82, 2.24) is 20.2 Å². The Hall–Kier alpha value is -2.97. The Labute approximate surface area is 183 Å². The van der Waals surface area contributed by atoms with Gasteiger partial charge in [0.15, 0.2) is 4.34 Å². The summed E-state index contributed by atoms with van der Waals surface area (Å²) in [7, 11) is 1.88. The molecule has 0 saturated heterocycles. The third-order valence-corrected chi connectivity index (χ3v) is 7.03. The van der Waals surface area contributed by atoms with Crippen LogP contribution >= 0.6 is 23.1 Å². The Morgan fingerprint density at radius 3 is 2.67 bits per heavy atom. The zero-order valence-electron chi connectivity index (χ0n) is 16.9. The maximum atomic E-state index is 12.3. The molecule has 0 fully saturated rings. The van der Waals surface area contributed by atoms with Gasteiger partial charge in [0.25, 0.3) is 5.91 Å². The SMILES string of the molecule is Cc1nn(C)c(C)c1C=NNC(=O)c1ccc(CSc2nc3ccccc3s2)cc1. The first-order valence-electron chi connectivity index (χ1n) is 9.42. The Morgan fingerprint density at radius 2 is 1.97 bits per heavy atom. The summed E-state index contributed by atoms with van der Waals surface area (Å²) in [5.74, 6) is 0.565. The first-order chi connectivity index (χ1) is 14.5. The van der Waals surface area contributed by atoms with Crippen molar-refractivity contribution in [3.8, 4) is 0 Å². The van der Waals surface area contributed by atoms with Crippen LogP contribution in [0.1, 0.15) is 32.9 Å². The number of aryl methyl sites for hydroxylation is 2. The van der Waals surface area contributed by atoms with Gasteiger partial charge in [0, 0.05) is 29.6 Å². The van der Waals surface area contributed by atoms with E-state index in [0.29, 0.717) is 5.56 Å². The Balaban J connectivity index is 1.34. The second-order valence-corrected chi connectivity index (χ2v) is 9.09. The van der Waals surface area contributed by atoms with Crippen LogP contribution < -0.4 is 5.43 Å². The van der Waals surface area contributed by atoms with Crippen molar-refractivity contribution in [2.24, 2.45) is 12.1 Å². The molecule has 1 amide bonds. The normalized spacial score (nSPS) is 11.4. The van der Waals surface area contributed by atoms with Gasteiger partial charge in [-0.2, -0.15) is 10.2 Å².